The minimum absolute atomic E-state index is 0.0201. The highest BCUT2D eigenvalue weighted by atomic mass is 32.2. The number of nitrogens with one attached hydrogen (secondary N) is 1. The van der Waals surface area contributed by atoms with Crippen LogP contribution in [0.1, 0.15) is 12.6 Å². The molecular weight excluding hydrogens is 178 g/mol. The summed E-state index contributed by atoms with van der Waals surface area (Å²) in [7, 11) is -2.99. The number of H-pyrrole nitrogens is 1. The lowest BCUT2D eigenvalue weighted by Gasteiger charge is -1.96. The van der Waals surface area contributed by atoms with Crippen LogP contribution in [-0.4, -0.2) is 24.1 Å². The summed E-state index contributed by atoms with van der Waals surface area (Å²) in [5, 5.41) is 0. The Balaban J connectivity index is 2.77. The summed E-state index contributed by atoms with van der Waals surface area (Å²) < 4.78 is 22.2. The number of nitrogen functional groups attached to an aromatic ring is 1. The Morgan fingerprint density at radius 1 is 1.67 bits per heavy atom. The van der Waals surface area contributed by atoms with E-state index in [0.717, 1.165) is 0 Å². The van der Waals surface area contributed by atoms with Gasteiger partial charge in [0.1, 0.15) is 0 Å². The molecule has 0 saturated carbocycles. The summed E-state index contributed by atoms with van der Waals surface area (Å²) in [6, 6.07) is 0. The van der Waals surface area contributed by atoms with Crippen LogP contribution in [-0.2, 0) is 15.6 Å². The Morgan fingerprint density at radius 2 is 2.33 bits per heavy atom. The Labute approximate surface area is 70.9 Å². The Bertz CT molecular complexity index is 355. The van der Waals surface area contributed by atoms with E-state index in [9.17, 15) is 8.42 Å². The molecule has 0 aliphatic carbocycles. The fourth-order valence-electron chi connectivity index (χ4n) is 0.789. The molecule has 0 unspecified atom stereocenters. The number of aromatic nitrogens is 2. The summed E-state index contributed by atoms with van der Waals surface area (Å²) in [6.07, 6.45) is 1.43. The number of imidazole rings is 1. The lowest BCUT2D eigenvalue weighted by Crippen LogP contribution is -2.06. The molecule has 0 aromatic carbocycles. The first-order valence-electron chi connectivity index (χ1n) is 3.53. The monoisotopic (exact) mass is 189 g/mol. The van der Waals surface area contributed by atoms with Crippen molar-refractivity contribution in [2.24, 2.45) is 0 Å². The number of sulfone groups is 1. The van der Waals surface area contributed by atoms with Gasteiger partial charge in [-0.2, -0.15) is 0 Å². The highest BCUT2D eigenvalue weighted by Gasteiger charge is 2.09. The van der Waals surface area contributed by atoms with Gasteiger partial charge in [0.2, 0.25) is 0 Å². The summed E-state index contributed by atoms with van der Waals surface area (Å²) in [5.74, 6) is 0.357. The van der Waals surface area contributed by atoms with Crippen LogP contribution >= 0.6 is 0 Å². The molecule has 1 rings (SSSR count). The average Bonchev–Trinajstić information content (AvgIpc) is 2.35. The second-order valence-electron chi connectivity index (χ2n) is 2.47. The molecule has 0 bridgehead atoms. The van der Waals surface area contributed by atoms with Crippen LogP contribution in [0, 0.1) is 0 Å². The van der Waals surface area contributed by atoms with E-state index in [-0.39, 0.29) is 17.5 Å². The quantitative estimate of drug-likeness (QED) is 0.696. The van der Waals surface area contributed by atoms with Crippen molar-refractivity contribution >= 4 is 15.8 Å². The van der Waals surface area contributed by atoms with E-state index in [1.54, 1.807) is 6.92 Å². The van der Waals surface area contributed by atoms with Gasteiger partial charge in [-0.1, -0.05) is 6.92 Å². The van der Waals surface area contributed by atoms with Crippen LogP contribution in [0.3, 0.4) is 0 Å². The SMILES string of the molecule is CCS(=O)(=O)Cc1cnc(N)[nH]1. The van der Waals surface area contributed by atoms with E-state index in [1.165, 1.54) is 6.20 Å². The van der Waals surface area contributed by atoms with E-state index >= 15 is 0 Å². The molecule has 0 atom stereocenters. The van der Waals surface area contributed by atoms with Crippen LogP contribution in [0.15, 0.2) is 6.20 Å². The van der Waals surface area contributed by atoms with E-state index in [1.807, 2.05) is 0 Å². The maximum Gasteiger partial charge on any atom is 0.197 e. The summed E-state index contributed by atoms with van der Waals surface area (Å²) >= 11 is 0. The maximum absolute atomic E-state index is 11.1. The van der Waals surface area contributed by atoms with Gasteiger partial charge < -0.3 is 10.7 Å². The number of nitrogens with zero attached hydrogens (tertiary/aromatic N) is 1. The third-order valence-electron chi connectivity index (χ3n) is 1.46. The molecule has 0 spiro atoms. The van der Waals surface area contributed by atoms with Crippen molar-refractivity contribution < 1.29 is 8.42 Å². The molecule has 3 N–H and O–H groups in total. The van der Waals surface area contributed by atoms with Gasteiger partial charge in [-0.05, 0) is 0 Å². The van der Waals surface area contributed by atoms with Crippen molar-refractivity contribution in [3.8, 4) is 0 Å². The largest absolute Gasteiger partial charge is 0.369 e. The van der Waals surface area contributed by atoms with E-state index < -0.39 is 9.84 Å². The summed E-state index contributed by atoms with van der Waals surface area (Å²) in [5.41, 5.74) is 5.81. The first-order valence-corrected chi connectivity index (χ1v) is 5.35. The fourth-order valence-corrected chi connectivity index (χ4v) is 1.61. The van der Waals surface area contributed by atoms with Crippen LogP contribution < -0.4 is 5.73 Å². The molecule has 0 saturated heterocycles. The van der Waals surface area contributed by atoms with Crippen LogP contribution in [0.5, 0.6) is 0 Å². The third kappa shape index (κ3) is 2.23. The van der Waals surface area contributed by atoms with Crippen LogP contribution in [0.25, 0.3) is 0 Å². The van der Waals surface area contributed by atoms with Gasteiger partial charge in [0.05, 0.1) is 17.6 Å². The zero-order chi connectivity index (χ0) is 9.19. The number of aromatic amines is 1. The zero-order valence-corrected chi connectivity index (χ0v) is 7.56. The molecule has 6 heteroatoms. The van der Waals surface area contributed by atoms with Gasteiger partial charge in [0, 0.05) is 5.75 Å². The molecule has 68 valence electrons. The molecule has 0 amide bonds. The van der Waals surface area contributed by atoms with Crippen LogP contribution in [0.2, 0.25) is 0 Å². The van der Waals surface area contributed by atoms with Gasteiger partial charge in [-0.15, -0.1) is 0 Å². The van der Waals surface area contributed by atoms with E-state index in [0.29, 0.717) is 5.69 Å². The molecule has 1 heterocycles. The number of hydrogen-bond acceptors (Lipinski definition) is 4. The standard InChI is InChI=1S/C6H11N3O2S/c1-2-12(10,11)4-5-3-8-6(7)9-5/h3H,2,4H2,1H3,(H3,7,8,9). The number of rotatable bonds is 3. The number of anilines is 1. The van der Waals surface area contributed by atoms with Crippen molar-refractivity contribution in [2.75, 3.05) is 11.5 Å². The lowest BCUT2D eigenvalue weighted by atomic mass is 10.6. The maximum atomic E-state index is 11.1. The van der Waals surface area contributed by atoms with Crippen molar-refractivity contribution in [1.82, 2.24) is 9.97 Å². The minimum atomic E-state index is -2.99. The van der Waals surface area contributed by atoms with E-state index in [2.05, 4.69) is 9.97 Å². The van der Waals surface area contributed by atoms with E-state index in [4.69, 9.17) is 5.73 Å². The minimum Gasteiger partial charge on any atom is -0.369 e. The normalized spacial score (nSPS) is 11.8. The van der Waals surface area contributed by atoms with Crippen molar-refractivity contribution in [2.45, 2.75) is 12.7 Å². The average molecular weight is 189 g/mol. The molecule has 0 fully saturated rings. The second-order valence-corrected chi connectivity index (χ2v) is 4.82. The highest BCUT2D eigenvalue weighted by molar-refractivity contribution is 7.90. The molecule has 0 radical (unpaired) electrons. The summed E-state index contributed by atoms with van der Waals surface area (Å²) in [4.78, 5) is 6.35. The van der Waals surface area contributed by atoms with Crippen LogP contribution in [0.4, 0.5) is 5.95 Å². The predicted molar refractivity (Wildman–Crippen MR) is 46.2 cm³/mol. The Kier molecular flexibility index (Phi) is 2.37. The smallest absolute Gasteiger partial charge is 0.197 e. The second kappa shape index (κ2) is 3.14. The molecule has 12 heavy (non-hydrogen) atoms. The number of hydrogen-bond donors (Lipinski definition) is 2. The van der Waals surface area contributed by atoms with Crippen molar-refractivity contribution in [1.29, 1.82) is 0 Å². The van der Waals surface area contributed by atoms with Gasteiger partial charge in [0.25, 0.3) is 0 Å². The molecular formula is C6H11N3O2S. The van der Waals surface area contributed by atoms with Crippen molar-refractivity contribution in [3.63, 3.8) is 0 Å². The first kappa shape index (κ1) is 9.05. The topological polar surface area (TPSA) is 88.8 Å². The Morgan fingerprint density at radius 3 is 2.75 bits per heavy atom. The zero-order valence-electron chi connectivity index (χ0n) is 6.74. The Hall–Kier alpha value is -1.04. The van der Waals surface area contributed by atoms with Crippen molar-refractivity contribution in [3.05, 3.63) is 11.9 Å². The molecule has 1 aromatic rings. The molecule has 5 nitrogen and oxygen atoms in total. The van der Waals surface area contributed by atoms with Gasteiger partial charge in [0.15, 0.2) is 15.8 Å². The molecule has 0 aliphatic heterocycles. The van der Waals surface area contributed by atoms with Gasteiger partial charge in [-0.25, -0.2) is 13.4 Å². The number of nitrogens with two attached hydrogens (primary N) is 1. The van der Waals surface area contributed by atoms with Gasteiger partial charge in [-0.3, -0.25) is 0 Å². The third-order valence-corrected chi connectivity index (χ3v) is 3.09. The summed E-state index contributed by atoms with van der Waals surface area (Å²) in [6.45, 7) is 1.61. The highest BCUT2D eigenvalue weighted by Crippen LogP contribution is 2.04. The lowest BCUT2D eigenvalue weighted by molar-refractivity contribution is 0.596. The first-order chi connectivity index (χ1) is 5.53. The molecule has 1 aromatic heterocycles. The fraction of sp³-hybridized carbons (Fsp3) is 0.500. The predicted octanol–water partition coefficient (Wildman–Crippen LogP) is -0.0734. The van der Waals surface area contributed by atoms with Gasteiger partial charge >= 0.3 is 0 Å². The molecule has 0 aliphatic rings.